The highest BCUT2D eigenvalue weighted by Crippen LogP contribution is 2.43. The van der Waals surface area contributed by atoms with Crippen LogP contribution in [0.1, 0.15) is 63.5 Å². The summed E-state index contributed by atoms with van der Waals surface area (Å²) in [5, 5.41) is 9.00. The molecule has 1 aromatic rings. The van der Waals surface area contributed by atoms with E-state index in [1.54, 1.807) is 6.08 Å². The van der Waals surface area contributed by atoms with Gasteiger partial charge < -0.3 is 9.53 Å². The second-order valence-corrected chi connectivity index (χ2v) is 13.0. The average Bonchev–Trinajstić information content (AvgIpc) is 2.98. The molecule has 132 valence electrons. The molecular formula is C20H30O3Si. The summed E-state index contributed by atoms with van der Waals surface area (Å²) >= 11 is 0. The van der Waals surface area contributed by atoms with Crippen molar-refractivity contribution in [2.24, 2.45) is 0 Å². The van der Waals surface area contributed by atoms with Crippen LogP contribution < -0.4 is 4.43 Å². The summed E-state index contributed by atoms with van der Waals surface area (Å²) in [4.78, 5) is 10.8. The molecule has 0 heterocycles. The molecule has 1 N–H and O–H groups in total. The molecule has 0 bridgehead atoms. The number of carboxylic acids is 1. The van der Waals surface area contributed by atoms with Crippen molar-refractivity contribution in [3.63, 3.8) is 0 Å². The first-order valence-corrected chi connectivity index (χ1v) is 11.7. The van der Waals surface area contributed by atoms with Crippen molar-refractivity contribution in [2.75, 3.05) is 0 Å². The SMILES string of the molecule is CC(C)(C)[Si](C)(C)Oc1ccc(C=CC(=O)O)cc1C1CCCC1. The van der Waals surface area contributed by atoms with Crippen LogP contribution in [0.15, 0.2) is 24.3 Å². The van der Waals surface area contributed by atoms with Crippen LogP contribution in [0, 0.1) is 0 Å². The lowest BCUT2D eigenvalue weighted by Crippen LogP contribution is -2.44. The Kier molecular flexibility index (Phi) is 5.58. The summed E-state index contributed by atoms with van der Waals surface area (Å²) in [5.41, 5.74) is 2.19. The molecule has 1 fully saturated rings. The van der Waals surface area contributed by atoms with E-state index in [0.717, 1.165) is 11.3 Å². The maximum Gasteiger partial charge on any atom is 0.328 e. The molecule has 0 unspecified atom stereocenters. The van der Waals surface area contributed by atoms with Crippen LogP contribution in [0.2, 0.25) is 18.1 Å². The maximum atomic E-state index is 10.8. The predicted molar refractivity (Wildman–Crippen MR) is 102 cm³/mol. The van der Waals surface area contributed by atoms with E-state index in [-0.39, 0.29) is 5.04 Å². The third-order valence-electron chi connectivity index (χ3n) is 5.42. The molecule has 1 aliphatic carbocycles. The van der Waals surface area contributed by atoms with E-state index < -0.39 is 14.3 Å². The molecule has 4 heteroatoms. The summed E-state index contributed by atoms with van der Waals surface area (Å²) in [6.07, 6.45) is 7.78. The Balaban J connectivity index is 2.37. The first-order valence-electron chi connectivity index (χ1n) is 8.84. The fourth-order valence-corrected chi connectivity index (χ4v) is 3.96. The van der Waals surface area contributed by atoms with Gasteiger partial charge in [-0.25, -0.2) is 4.79 Å². The predicted octanol–water partition coefficient (Wildman–Crippen LogP) is 5.83. The minimum absolute atomic E-state index is 0.155. The van der Waals surface area contributed by atoms with Crippen LogP contribution in [-0.4, -0.2) is 19.4 Å². The van der Waals surface area contributed by atoms with Gasteiger partial charge in [0.2, 0.25) is 8.32 Å². The van der Waals surface area contributed by atoms with Crippen molar-refractivity contribution < 1.29 is 14.3 Å². The number of hydrogen-bond donors (Lipinski definition) is 1. The Morgan fingerprint density at radius 3 is 2.42 bits per heavy atom. The van der Waals surface area contributed by atoms with Crippen molar-refractivity contribution in [2.45, 2.75) is 70.5 Å². The van der Waals surface area contributed by atoms with Gasteiger partial charge in [0, 0.05) is 6.08 Å². The summed E-state index contributed by atoms with van der Waals surface area (Å²) in [7, 11) is -1.89. The molecule has 0 amide bonds. The van der Waals surface area contributed by atoms with Gasteiger partial charge in [0.05, 0.1) is 0 Å². The Morgan fingerprint density at radius 2 is 1.88 bits per heavy atom. The molecule has 2 rings (SSSR count). The monoisotopic (exact) mass is 346 g/mol. The summed E-state index contributed by atoms with van der Waals surface area (Å²) in [6, 6.07) is 6.12. The number of benzene rings is 1. The minimum atomic E-state index is -1.89. The van der Waals surface area contributed by atoms with Gasteiger partial charge in [-0.05, 0) is 66.2 Å². The molecular weight excluding hydrogens is 316 g/mol. The summed E-state index contributed by atoms with van der Waals surface area (Å²) < 4.78 is 6.59. The van der Waals surface area contributed by atoms with E-state index in [4.69, 9.17) is 9.53 Å². The molecule has 0 aliphatic heterocycles. The molecule has 3 nitrogen and oxygen atoms in total. The van der Waals surface area contributed by atoms with E-state index in [1.165, 1.54) is 37.3 Å². The van der Waals surface area contributed by atoms with Gasteiger partial charge in [-0.3, -0.25) is 0 Å². The molecule has 0 saturated heterocycles. The lowest BCUT2D eigenvalue weighted by Gasteiger charge is -2.37. The van der Waals surface area contributed by atoms with E-state index in [2.05, 4.69) is 39.9 Å². The van der Waals surface area contributed by atoms with Crippen LogP contribution in [0.3, 0.4) is 0 Å². The van der Waals surface area contributed by atoms with E-state index >= 15 is 0 Å². The van der Waals surface area contributed by atoms with Crippen molar-refractivity contribution >= 4 is 20.4 Å². The smallest absolute Gasteiger partial charge is 0.328 e. The highest BCUT2D eigenvalue weighted by atomic mass is 28.4. The van der Waals surface area contributed by atoms with Gasteiger partial charge >= 0.3 is 5.97 Å². The Bertz CT molecular complexity index is 620. The van der Waals surface area contributed by atoms with Crippen LogP contribution in [-0.2, 0) is 4.79 Å². The third-order valence-corrected chi connectivity index (χ3v) is 9.76. The van der Waals surface area contributed by atoms with Gasteiger partial charge in [0.1, 0.15) is 5.75 Å². The molecule has 1 aliphatic rings. The molecule has 24 heavy (non-hydrogen) atoms. The van der Waals surface area contributed by atoms with Crippen LogP contribution >= 0.6 is 0 Å². The Morgan fingerprint density at radius 1 is 1.25 bits per heavy atom. The zero-order valence-corrected chi connectivity index (χ0v) is 16.6. The third kappa shape index (κ3) is 4.50. The summed E-state index contributed by atoms with van der Waals surface area (Å²) in [6.45, 7) is 11.3. The quantitative estimate of drug-likeness (QED) is 0.539. The van der Waals surface area contributed by atoms with Gasteiger partial charge in [0.25, 0.3) is 0 Å². The van der Waals surface area contributed by atoms with Crippen LogP contribution in [0.4, 0.5) is 0 Å². The summed E-state index contributed by atoms with van der Waals surface area (Å²) in [5.74, 6) is 0.614. The molecule has 1 aromatic carbocycles. The van der Waals surface area contributed by atoms with Gasteiger partial charge in [-0.2, -0.15) is 0 Å². The van der Waals surface area contributed by atoms with Crippen LogP contribution in [0.25, 0.3) is 6.08 Å². The van der Waals surface area contributed by atoms with E-state index in [9.17, 15) is 4.79 Å². The van der Waals surface area contributed by atoms with Crippen molar-refractivity contribution in [3.05, 3.63) is 35.4 Å². The topological polar surface area (TPSA) is 46.5 Å². The van der Waals surface area contributed by atoms with Gasteiger partial charge in [-0.15, -0.1) is 0 Å². The normalized spacial score (nSPS) is 16.7. The minimum Gasteiger partial charge on any atom is -0.543 e. The van der Waals surface area contributed by atoms with Crippen molar-refractivity contribution in [1.29, 1.82) is 0 Å². The second kappa shape index (κ2) is 7.14. The second-order valence-electron chi connectivity index (χ2n) is 8.31. The fourth-order valence-electron chi connectivity index (χ4n) is 2.91. The molecule has 1 saturated carbocycles. The zero-order chi connectivity index (χ0) is 18.0. The Labute approximate surface area is 146 Å². The van der Waals surface area contributed by atoms with Crippen molar-refractivity contribution in [1.82, 2.24) is 0 Å². The number of hydrogen-bond acceptors (Lipinski definition) is 2. The average molecular weight is 347 g/mol. The standard InChI is InChI=1S/C20H30O3Si/c1-20(2,3)24(4,5)23-18-12-10-15(11-13-19(21)22)14-17(18)16-8-6-7-9-16/h10-14,16H,6-9H2,1-5H3,(H,21,22). The molecule has 0 aromatic heterocycles. The zero-order valence-electron chi connectivity index (χ0n) is 15.6. The first-order chi connectivity index (χ1) is 11.1. The number of aliphatic carboxylic acids is 1. The number of carboxylic acid groups (broad SMARTS) is 1. The van der Waals surface area contributed by atoms with E-state index in [1.807, 2.05) is 12.1 Å². The highest BCUT2D eigenvalue weighted by Gasteiger charge is 2.39. The van der Waals surface area contributed by atoms with Crippen LogP contribution in [0.5, 0.6) is 5.75 Å². The van der Waals surface area contributed by atoms with Gasteiger partial charge in [-0.1, -0.05) is 39.7 Å². The van der Waals surface area contributed by atoms with Crippen molar-refractivity contribution in [3.8, 4) is 5.75 Å². The molecule has 0 atom stereocenters. The first kappa shape index (κ1) is 18.8. The largest absolute Gasteiger partial charge is 0.543 e. The lowest BCUT2D eigenvalue weighted by molar-refractivity contribution is -0.131. The number of rotatable bonds is 5. The highest BCUT2D eigenvalue weighted by molar-refractivity contribution is 6.74. The molecule has 0 radical (unpaired) electrons. The maximum absolute atomic E-state index is 10.8. The molecule has 0 spiro atoms. The van der Waals surface area contributed by atoms with E-state index in [0.29, 0.717) is 5.92 Å². The fraction of sp³-hybridized carbons (Fsp3) is 0.550. The lowest BCUT2D eigenvalue weighted by atomic mass is 9.95. The number of carbonyl (C=O) groups is 1. The Hall–Kier alpha value is -1.55. The van der Waals surface area contributed by atoms with Gasteiger partial charge in [0.15, 0.2) is 0 Å².